The highest BCUT2D eigenvalue weighted by Gasteiger charge is 2.53. The lowest BCUT2D eigenvalue weighted by Gasteiger charge is -2.48. The van der Waals surface area contributed by atoms with Crippen molar-refractivity contribution in [3.05, 3.63) is 60.8 Å². The van der Waals surface area contributed by atoms with Gasteiger partial charge in [-0.25, -0.2) is 0 Å². The van der Waals surface area contributed by atoms with E-state index in [1.165, 1.54) is 161 Å². The van der Waals surface area contributed by atoms with Crippen LogP contribution in [0, 0.1) is 0 Å². The molecule has 19 heteroatoms. The molecule has 94 heavy (non-hydrogen) atoms. The Hall–Kier alpha value is -2.51. The summed E-state index contributed by atoms with van der Waals surface area (Å²) in [5.41, 5.74) is 0. The van der Waals surface area contributed by atoms with Gasteiger partial charge in [0.15, 0.2) is 18.9 Å². The highest BCUT2D eigenvalue weighted by atomic mass is 16.8. The van der Waals surface area contributed by atoms with Crippen LogP contribution in [0.2, 0.25) is 0 Å². The number of rotatable bonds is 58. The third-order valence-electron chi connectivity index (χ3n) is 18.6. The fraction of sp³-hybridized carbons (Fsp3) is 0.853. The summed E-state index contributed by atoms with van der Waals surface area (Å²) in [6, 6.07) is -0.891. The quantitative estimate of drug-likeness (QED) is 0.0199. The first-order valence-corrected chi connectivity index (χ1v) is 37.5. The third-order valence-corrected chi connectivity index (χ3v) is 18.6. The van der Waals surface area contributed by atoms with Gasteiger partial charge in [0.05, 0.1) is 38.6 Å². The number of carbonyl (C=O) groups excluding carboxylic acids is 1. The van der Waals surface area contributed by atoms with Gasteiger partial charge < -0.3 is 89.9 Å². The summed E-state index contributed by atoms with van der Waals surface area (Å²) in [5.74, 6) is -0.243. The van der Waals surface area contributed by atoms with E-state index in [2.05, 4.69) is 79.9 Å². The van der Waals surface area contributed by atoms with Crippen molar-refractivity contribution in [2.24, 2.45) is 0 Å². The second-order valence-corrected chi connectivity index (χ2v) is 26.7. The lowest BCUT2D eigenvalue weighted by molar-refractivity contribution is -0.379. The van der Waals surface area contributed by atoms with Gasteiger partial charge in [-0.1, -0.05) is 274 Å². The van der Waals surface area contributed by atoms with Gasteiger partial charge >= 0.3 is 0 Å². The van der Waals surface area contributed by atoms with Crippen LogP contribution in [0.4, 0.5) is 0 Å². The number of ether oxygens (including phenoxy) is 6. The second kappa shape index (κ2) is 56.3. The van der Waals surface area contributed by atoms with Crippen LogP contribution in [0.15, 0.2) is 60.8 Å². The molecule has 0 aromatic heterocycles. The molecule has 0 saturated carbocycles. The van der Waals surface area contributed by atoms with Crippen molar-refractivity contribution in [1.29, 1.82) is 0 Å². The molecule has 1 amide bonds. The molecule has 0 aliphatic carbocycles. The summed E-state index contributed by atoms with van der Waals surface area (Å²) in [5, 5.41) is 121. The number of unbranched alkanes of at least 4 members (excludes halogenated alkanes) is 32. The smallest absolute Gasteiger partial charge is 0.220 e. The monoisotopic (exact) mass is 1340 g/mol. The maximum atomic E-state index is 13.5. The van der Waals surface area contributed by atoms with Crippen molar-refractivity contribution < 1.29 is 89.4 Å². The van der Waals surface area contributed by atoms with E-state index in [4.69, 9.17) is 28.4 Å². The van der Waals surface area contributed by atoms with E-state index in [1.807, 2.05) is 0 Å². The average Bonchev–Trinajstić information content (AvgIpc) is 0.787. The Morgan fingerprint density at radius 3 is 1.15 bits per heavy atom. The van der Waals surface area contributed by atoms with Crippen LogP contribution in [-0.4, -0.2) is 193 Å². The number of hydrogen-bond donors (Lipinski definition) is 12. The summed E-state index contributed by atoms with van der Waals surface area (Å²) in [6.45, 7) is 1.71. The van der Waals surface area contributed by atoms with Crippen LogP contribution in [0.25, 0.3) is 0 Å². The molecule has 0 aromatic carbocycles. The Morgan fingerprint density at radius 2 is 0.734 bits per heavy atom. The first-order chi connectivity index (χ1) is 45.8. The van der Waals surface area contributed by atoms with Crippen LogP contribution >= 0.6 is 0 Å². The first kappa shape index (κ1) is 85.7. The van der Waals surface area contributed by atoms with Gasteiger partial charge in [-0.05, 0) is 57.8 Å². The molecule has 0 bridgehead atoms. The molecule has 19 nitrogen and oxygen atoms in total. The molecule has 17 atom stereocenters. The molecule has 3 fully saturated rings. The largest absolute Gasteiger partial charge is 0.394 e. The number of amides is 1. The molecule has 17 unspecified atom stereocenters. The zero-order chi connectivity index (χ0) is 68.2. The summed E-state index contributed by atoms with van der Waals surface area (Å²) in [4.78, 5) is 13.5. The summed E-state index contributed by atoms with van der Waals surface area (Å²) >= 11 is 0. The highest BCUT2D eigenvalue weighted by molar-refractivity contribution is 5.76. The molecule has 0 aromatic rings. The van der Waals surface area contributed by atoms with Gasteiger partial charge in [-0.3, -0.25) is 4.79 Å². The minimum Gasteiger partial charge on any atom is -0.394 e. The summed E-state index contributed by atoms with van der Waals surface area (Å²) < 4.78 is 34.5. The van der Waals surface area contributed by atoms with E-state index >= 15 is 0 Å². The minimum atomic E-state index is -1.97. The van der Waals surface area contributed by atoms with Gasteiger partial charge in [0.2, 0.25) is 5.91 Å². The van der Waals surface area contributed by atoms with Crippen molar-refractivity contribution in [3.8, 4) is 0 Å². The van der Waals surface area contributed by atoms with E-state index in [-0.39, 0.29) is 18.9 Å². The van der Waals surface area contributed by atoms with Crippen LogP contribution < -0.4 is 5.32 Å². The lowest BCUT2D eigenvalue weighted by atomic mass is 9.96. The zero-order valence-electron chi connectivity index (χ0n) is 58.2. The number of aliphatic hydroxyl groups is 11. The van der Waals surface area contributed by atoms with Gasteiger partial charge in [0.25, 0.3) is 0 Å². The molecule has 3 aliphatic heterocycles. The maximum Gasteiger partial charge on any atom is 0.220 e. The van der Waals surface area contributed by atoms with Gasteiger partial charge in [0.1, 0.15) is 73.2 Å². The van der Waals surface area contributed by atoms with Crippen LogP contribution in [0.1, 0.15) is 277 Å². The fourth-order valence-electron chi connectivity index (χ4n) is 12.6. The number of hydrogen-bond acceptors (Lipinski definition) is 18. The molecule has 548 valence electrons. The molecule has 3 aliphatic rings. The Labute approximate surface area is 566 Å². The zero-order valence-corrected chi connectivity index (χ0v) is 58.2. The van der Waals surface area contributed by atoms with E-state index in [0.29, 0.717) is 12.8 Å². The molecule has 3 rings (SSSR count). The third kappa shape index (κ3) is 37.1. The molecule has 0 spiro atoms. The lowest BCUT2D eigenvalue weighted by Crippen LogP contribution is -2.66. The van der Waals surface area contributed by atoms with Crippen molar-refractivity contribution in [2.45, 2.75) is 381 Å². The van der Waals surface area contributed by atoms with Crippen molar-refractivity contribution in [1.82, 2.24) is 5.32 Å². The highest BCUT2D eigenvalue weighted by Crippen LogP contribution is 2.33. The molecule has 12 N–H and O–H groups in total. The molecule has 3 saturated heterocycles. The number of nitrogens with one attached hydrogen (secondary N) is 1. The van der Waals surface area contributed by atoms with E-state index in [1.54, 1.807) is 0 Å². The molecule has 3 heterocycles. The first-order valence-electron chi connectivity index (χ1n) is 37.5. The Balaban J connectivity index is 1.39. The summed E-state index contributed by atoms with van der Waals surface area (Å²) in [7, 11) is 0. The van der Waals surface area contributed by atoms with Crippen molar-refractivity contribution >= 4 is 5.91 Å². The number of aliphatic hydroxyl groups excluding tert-OH is 11. The normalized spacial score (nSPS) is 27.7. The predicted octanol–water partition coefficient (Wildman–Crippen LogP) is 11.1. The molecular formula is C75H135NO18. The van der Waals surface area contributed by atoms with Crippen LogP contribution in [0.5, 0.6) is 0 Å². The minimum absolute atomic E-state index is 0.243. The van der Waals surface area contributed by atoms with Gasteiger partial charge in [0, 0.05) is 6.42 Å². The standard InChI is InChI=1S/C75H135NO18/c1-3-5-7-9-11-13-15-17-19-21-23-25-26-27-28-29-30-31-32-33-35-37-39-41-43-45-47-49-51-53-63(81)76-58(59(80)52-50-48-46-44-42-40-38-36-34-24-22-20-18-16-14-12-10-8-6-4-2)57-89-73-69(87)66(84)71(61(55-78)91-73)94-75-70(88)67(85)72(62(56-79)92-75)93-74-68(86)65(83)64(82)60(54-77)90-74/h5,7,11,13,17,19,23,25,27-28,58-62,64-75,77-80,82-88H,3-4,6,8-10,12,14-16,18,20-22,24,26,29-57H2,1-2H3,(H,76,81)/b7-5-,13-11-,19-17-,25-23-,28-27-. The predicted molar refractivity (Wildman–Crippen MR) is 369 cm³/mol. The fourth-order valence-corrected chi connectivity index (χ4v) is 12.6. The Morgan fingerprint density at radius 1 is 0.394 bits per heavy atom. The second-order valence-electron chi connectivity index (χ2n) is 26.7. The SMILES string of the molecule is CC/C=C\C/C=C\C/C=C\C/C=C\C/C=C\CCCCCCCCCCCCCCCC(=O)NC(COC1OC(CO)C(OC2OC(CO)C(OC3OC(CO)C(O)C(O)C3O)C(O)C2O)C(O)C1O)C(O)CCCCCCCCCCCCCCCCCCCCCC. The molecular weight excluding hydrogens is 1200 g/mol. The number of carbonyl (C=O) groups is 1. The van der Waals surface area contributed by atoms with Gasteiger partial charge in [-0.2, -0.15) is 0 Å². The average molecular weight is 1340 g/mol. The van der Waals surface area contributed by atoms with Gasteiger partial charge in [-0.15, -0.1) is 0 Å². The molecule has 0 radical (unpaired) electrons. The van der Waals surface area contributed by atoms with E-state index in [9.17, 15) is 61.0 Å². The Kier molecular flexibility index (Phi) is 51.3. The Bertz CT molecular complexity index is 1940. The van der Waals surface area contributed by atoms with Crippen LogP contribution in [0.3, 0.4) is 0 Å². The van der Waals surface area contributed by atoms with Crippen LogP contribution in [-0.2, 0) is 33.2 Å². The maximum absolute atomic E-state index is 13.5. The topological polar surface area (TPSA) is 307 Å². The van der Waals surface area contributed by atoms with E-state index in [0.717, 1.165) is 83.5 Å². The number of allylic oxidation sites excluding steroid dienone is 10. The van der Waals surface area contributed by atoms with Crippen molar-refractivity contribution in [3.63, 3.8) is 0 Å². The van der Waals surface area contributed by atoms with E-state index < -0.39 is 124 Å². The summed E-state index contributed by atoms with van der Waals surface area (Å²) in [6.07, 6.45) is 42.9. The van der Waals surface area contributed by atoms with Crippen molar-refractivity contribution in [2.75, 3.05) is 26.4 Å².